The smallest absolute Gasteiger partial charge is 0.138 e. The van der Waals surface area contributed by atoms with Gasteiger partial charge in [0.25, 0.3) is 0 Å². The fourth-order valence-electron chi connectivity index (χ4n) is 2.13. The summed E-state index contributed by atoms with van der Waals surface area (Å²) < 4.78 is 7.90. The molecule has 0 aliphatic carbocycles. The van der Waals surface area contributed by atoms with E-state index in [9.17, 15) is 0 Å². The Kier molecular flexibility index (Phi) is 3.38. The highest BCUT2D eigenvalue weighted by atomic mass is 16.5. The lowest BCUT2D eigenvalue weighted by Gasteiger charge is -2.22. The summed E-state index contributed by atoms with van der Waals surface area (Å²) in [6.07, 6.45) is 5.44. The van der Waals surface area contributed by atoms with Gasteiger partial charge in [-0.05, 0) is 26.3 Å². The molecule has 1 aromatic rings. The summed E-state index contributed by atoms with van der Waals surface area (Å²) in [5.41, 5.74) is 6.63. The average Bonchev–Trinajstić information content (AvgIpc) is 2.62. The van der Waals surface area contributed by atoms with E-state index < -0.39 is 0 Å². The Hall–Kier alpha value is -0.870. The molecule has 0 spiro atoms. The van der Waals surface area contributed by atoms with Gasteiger partial charge in [0, 0.05) is 25.8 Å². The first-order chi connectivity index (χ1) is 7.35. The molecule has 4 nitrogen and oxygen atoms in total. The van der Waals surface area contributed by atoms with Crippen LogP contribution >= 0.6 is 0 Å². The maximum atomic E-state index is 5.69. The fraction of sp³-hybridized carbons (Fsp3) is 0.727. The number of nitrogens with two attached hydrogens (primary N) is 1. The minimum absolute atomic E-state index is 0.190. The highest BCUT2D eigenvalue weighted by Crippen LogP contribution is 2.27. The van der Waals surface area contributed by atoms with E-state index in [1.807, 2.05) is 6.92 Å². The van der Waals surface area contributed by atoms with Crippen molar-refractivity contribution >= 4 is 0 Å². The van der Waals surface area contributed by atoms with E-state index in [4.69, 9.17) is 10.5 Å². The normalized spacial score (nSPS) is 20.3. The standard InChI is InChI=1S/C11H19N3O/c1-2-15-10-4-3-7-14-8-9(5-6-12)13-11(10)14/h8,10H,2-7,12H2,1H3. The first-order valence-electron chi connectivity index (χ1n) is 5.72. The van der Waals surface area contributed by atoms with Crippen molar-refractivity contribution in [2.75, 3.05) is 13.2 Å². The van der Waals surface area contributed by atoms with Gasteiger partial charge in [0.1, 0.15) is 11.9 Å². The molecule has 0 fully saturated rings. The zero-order valence-electron chi connectivity index (χ0n) is 9.28. The molecule has 1 aliphatic rings. The number of rotatable bonds is 4. The van der Waals surface area contributed by atoms with Crippen molar-refractivity contribution in [3.05, 3.63) is 17.7 Å². The maximum Gasteiger partial charge on any atom is 0.138 e. The monoisotopic (exact) mass is 209 g/mol. The lowest BCUT2D eigenvalue weighted by atomic mass is 10.1. The van der Waals surface area contributed by atoms with E-state index in [0.717, 1.165) is 37.5 Å². The van der Waals surface area contributed by atoms with Crippen molar-refractivity contribution in [3.63, 3.8) is 0 Å². The van der Waals surface area contributed by atoms with Gasteiger partial charge in [0.15, 0.2) is 0 Å². The highest BCUT2D eigenvalue weighted by molar-refractivity contribution is 5.09. The number of aryl methyl sites for hydroxylation is 1. The van der Waals surface area contributed by atoms with Gasteiger partial charge in [0.05, 0.1) is 5.69 Å². The molecule has 0 radical (unpaired) electrons. The average molecular weight is 209 g/mol. The number of fused-ring (bicyclic) bond motifs is 1. The van der Waals surface area contributed by atoms with Crippen LogP contribution in [0.2, 0.25) is 0 Å². The van der Waals surface area contributed by atoms with Crippen LogP contribution in [-0.4, -0.2) is 22.7 Å². The molecule has 0 saturated carbocycles. The molecule has 0 saturated heterocycles. The number of nitrogens with zero attached hydrogens (tertiary/aromatic N) is 2. The second kappa shape index (κ2) is 4.77. The Morgan fingerprint density at radius 1 is 1.67 bits per heavy atom. The molecule has 1 atom stereocenters. The predicted octanol–water partition coefficient (Wildman–Crippen LogP) is 1.26. The largest absolute Gasteiger partial charge is 0.371 e. The number of ether oxygens (including phenoxy) is 1. The van der Waals surface area contributed by atoms with Crippen LogP contribution in [0.25, 0.3) is 0 Å². The van der Waals surface area contributed by atoms with Crippen molar-refractivity contribution in [1.29, 1.82) is 0 Å². The number of aromatic nitrogens is 2. The van der Waals surface area contributed by atoms with Crippen LogP contribution in [0.3, 0.4) is 0 Å². The lowest BCUT2D eigenvalue weighted by Crippen LogP contribution is -2.17. The molecular weight excluding hydrogens is 190 g/mol. The summed E-state index contributed by atoms with van der Waals surface area (Å²) in [5.74, 6) is 1.09. The minimum Gasteiger partial charge on any atom is -0.371 e. The summed E-state index contributed by atoms with van der Waals surface area (Å²) in [6, 6.07) is 0. The molecule has 1 unspecified atom stereocenters. The quantitative estimate of drug-likeness (QED) is 0.812. The predicted molar refractivity (Wildman–Crippen MR) is 58.6 cm³/mol. The molecule has 1 aromatic heterocycles. The number of hydrogen-bond acceptors (Lipinski definition) is 3. The van der Waals surface area contributed by atoms with Crippen molar-refractivity contribution in [2.45, 2.75) is 38.8 Å². The van der Waals surface area contributed by atoms with E-state index >= 15 is 0 Å². The van der Waals surface area contributed by atoms with Gasteiger partial charge in [-0.1, -0.05) is 0 Å². The number of imidazole rings is 1. The van der Waals surface area contributed by atoms with E-state index in [1.54, 1.807) is 0 Å². The zero-order valence-corrected chi connectivity index (χ0v) is 9.28. The molecular formula is C11H19N3O. The van der Waals surface area contributed by atoms with Crippen molar-refractivity contribution < 1.29 is 4.74 Å². The van der Waals surface area contributed by atoms with Gasteiger partial charge in [-0.25, -0.2) is 4.98 Å². The Morgan fingerprint density at radius 2 is 2.53 bits per heavy atom. The van der Waals surface area contributed by atoms with Crippen LogP contribution in [0.5, 0.6) is 0 Å². The Morgan fingerprint density at radius 3 is 3.27 bits per heavy atom. The van der Waals surface area contributed by atoms with E-state index in [-0.39, 0.29) is 6.10 Å². The zero-order chi connectivity index (χ0) is 10.7. The molecule has 0 amide bonds. The van der Waals surface area contributed by atoms with Gasteiger partial charge >= 0.3 is 0 Å². The summed E-state index contributed by atoms with van der Waals surface area (Å²) in [4.78, 5) is 4.60. The molecule has 0 bridgehead atoms. The lowest BCUT2D eigenvalue weighted by molar-refractivity contribution is 0.0366. The minimum atomic E-state index is 0.190. The molecule has 2 heterocycles. The number of hydrogen-bond donors (Lipinski definition) is 1. The second-order valence-electron chi connectivity index (χ2n) is 3.91. The maximum absolute atomic E-state index is 5.69. The van der Waals surface area contributed by atoms with Gasteiger partial charge < -0.3 is 15.0 Å². The Bertz CT molecular complexity index is 322. The van der Waals surface area contributed by atoms with Crippen LogP contribution in [0.15, 0.2) is 6.20 Å². The van der Waals surface area contributed by atoms with Gasteiger partial charge in [-0.15, -0.1) is 0 Å². The van der Waals surface area contributed by atoms with Crippen molar-refractivity contribution in [1.82, 2.24) is 9.55 Å². The third-order valence-electron chi connectivity index (χ3n) is 2.78. The van der Waals surface area contributed by atoms with Crippen LogP contribution in [-0.2, 0) is 17.7 Å². The second-order valence-corrected chi connectivity index (χ2v) is 3.91. The van der Waals surface area contributed by atoms with Gasteiger partial charge in [-0.3, -0.25) is 0 Å². The SMILES string of the molecule is CCOC1CCCn2cc(CCN)nc21. The first-order valence-corrected chi connectivity index (χ1v) is 5.72. The fourth-order valence-corrected chi connectivity index (χ4v) is 2.13. The third kappa shape index (κ3) is 2.21. The molecule has 2 N–H and O–H groups in total. The van der Waals surface area contributed by atoms with Crippen LogP contribution in [0.4, 0.5) is 0 Å². The summed E-state index contributed by atoms with van der Waals surface area (Å²) in [5, 5.41) is 0. The van der Waals surface area contributed by atoms with Crippen molar-refractivity contribution in [3.8, 4) is 0 Å². The van der Waals surface area contributed by atoms with Gasteiger partial charge in [0.2, 0.25) is 0 Å². The summed E-state index contributed by atoms with van der Waals surface area (Å²) in [6.45, 7) is 4.51. The molecule has 2 rings (SSSR count). The highest BCUT2D eigenvalue weighted by Gasteiger charge is 2.22. The Balaban J connectivity index is 2.18. The first kappa shape index (κ1) is 10.6. The molecule has 1 aliphatic heterocycles. The van der Waals surface area contributed by atoms with Crippen LogP contribution < -0.4 is 5.73 Å². The van der Waals surface area contributed by atoms with Crippen LogP contribution in [0.1, 0.15) is 37.4 Å². The summed E-state index contributed by atoms with van der Waals surface area (Å²) >= 11 is 0. The van der Waals surface area contributed by atoms with Crippen molar-refractivity contribution in [2.24, 2.45) is 5.73 Å². The van der Waals surface area contributed by atoms with Gasteiger partial charge in [-0.2, -0.15) is 0 Å². The molecule has 84 valence electrons. The molecule has 4 heteroatoms. The molecule has 0 aromatic carbocycles. The van der Waals surface area contributed by atoms with E-state index in [1.165, 1.54) is 6.42 Å². The van der Waals surface area contributed by atoms with E-state index in [0.29, 0.717) is 6.54 Å². The topological polar surface area (TPSA) is 53.1 Å². The molecule has 15 heavy (non-hydrogen) atoms. The Labute approximate surface area is 90.4 Å². The summed E-state index contributed by atoms with van der Waals surface area (Å²) in [7, 11) is 0. The van der Waals surface area contributed by atoms with Crippen LogP contribution in [0, 0.1) is 0 Å². The third-order valence-corrected chi connectivity index (χ3v) is 2.78. The van der Waals surface area contributed by atoms with E-state index in [2.05, 4.69) is 15.7 Å².